The van der Waals surface area contributed by atoms with Crippen LogP contribution in [0.5, 0.6) is 0 Å². The first-order valence-electron chi connectivity index (χ1n) is 10.9. The lowest BCUT2D eigenvalue weighted by Gasteiger charge is -2.22. The van der Waals surface area contributed by atoms with Crippen LogP contribution in [0.4, 0.5) is 11.5 Å². The smallest absolute Gasteiger partial charge is 0.182 e. The van der Waals surface area contributed by atoms with E-state index < -0.39 is 6.29 Å². The number of hydrogen-bond acceptors (Lipinski definition) is 4. The maximum atomic E-state index is 9.81. The van der Waals surface area contributed by atoms with Gasteiger partial charge in [0.25, 0.3) is 0 Å². The van der Waals surface area contributed by atoms with Crippen molar-refractivity contribution in [3.63, 3.8) is 0 Å². The molecular formula is C24H29N3O2. The second-order valence-electron chi connectivity index (χ2n) is 8.73. The minimum atomic E-state index is -1.54. The molecule has 2 aliphatic carbocycles. The molecule has 0 atom stereocenters. The summed E-state index contributed by atoms with van der Waals surface area (Å²) >= 11 is 0. The van der Waals surface area contributed by atoms with Crippen molar-refractivity contribution in [1.29, 1.82) is 0 Å². The van der Waals surface area contributed by atoms with Crippen molar-refractivity contribution in [2.45, 2.75) is 63.7 Å². The lowest BCUT2D eigenvalue weighted by molar-refractivity contribution is -0.0421. The summed E-state index contributed by atoms with van der Waals surface area (Å²) in [6, 6.07) is 10.3. The van der Waals surface area contributed by atoms with Gasteiger partial charge >= 0.3 is 0 Å². The molecule has 2 heterocycles. The lowest BCUT2D eigenvalue weighted by Crippen LogP contribution is -2.13. The Morgan fingerprint density at radius 2 is 1.86 bits per heavy atom. The number of pyridine rings is 1. The molecule has 5 heteroatoms. The summed E-state index contributed by atoms with van der Waals surface area (Å²) in [6.45, 7) is 1.10. The molecule has 3 aromatic rings. The number of fused-ring (bicyclic) bond motifs is 1. The second kappa shape index (κ2) is 7.81. The molecule has 1 aromatic carbocycles. The van der Waals surface area contributed by atoms with Crippen LogP contribution in [0.3, 0.4) is 0 Å². The summed E-state index contributed by atoms with van der Waals surface area (Å²) in [6.07, 6.45) is 11.6. The highest BCUT2D eigenvalue weighted by molar-refractivity contribution is 5.84. The van der Waals surface area contributed by atoms with Crippen molar-refractivity contribution >= 4 is 22.4 Å². The minimum Gasteiger partial charge on any atom is -0.364 e. The maximum Gasteiger partial charge on any atom is 0.182 e. The van der Waals surface area contributed by atoms with Gasteiger partial charge in [-0.25, -0.2) is 4.98 Å². The van der Waals surface area contributed by atoms with Gasteiger partial charge in [0.05, 0.1) is 5.56 Å². The van der Waals surface area contributed by atoms with E-state index in [4.69, 9.17) is 0 Å². The highest BCUT2D eigenvalue weighted by Gasteiger charge is 2.25. The zero-order valence-electron chi connectivity index (χ0n) is 16.7. The van der Waals surface area contributed by atoms with Crippen LogP contribution in [-0.4, -0.2) is 19.8 Å². The van der Waals surface area contributed by atoms with Crippen molar-refractivity contribution in [2.75, 3.05) is 5.32 Å². The van der Waals surface area contributed by atoms with E-state index in [0.717, 1.165) is 36.6 Å². The summed E-state index contributed by atoms with van der Waals surface area (Å²) in [4.78, 5) is 4.48. The van der Waals surface area contributed by atoms with E-state index >= 15 is 0 Å². The molecule has 0 bridgehead atoms. The van der Waals surface area contributed by atoms with Gasteiger partial charge in [0.1, 0.15) is 5.82 Å². The van der Waals surface area contributed by atoms with Gasteiger partial charge in [0, 0.05) is 35.5 Å². The molecule has 0 saturated heterocycles. The molecule has 3 N–H and O–H groups in total. The quantitative estimate of drug-likeness (QED) is 0.504. The van der Waals surface area contributed by atoms with E-state index in [1.165, 1.54) is 43.0 Å². The largest absolute Gasteiger partial charge is 0.364 e. The molecule has 2 aromatic heterocycles. The normalized spacial score (nSPS) is 17.9. The average Bonchev–Trinajstić information content (AvgIpc) is 3.51. The monoisotopic (exact) mass is 391 g/mol. The Hall–Kier alpha value is -2.37. The third kappa shape index (κ3) is 4.02. The zero-order chi connectivity index (χ0) is 19.8. The predicted molar refractivity (Wildman–Crippen MR) is 115 cm³/mol. The number of rotatable bonds is 6. The van der Waals surface area contributed by atoms with Gasteiger partial charge in [0.15, 0.2) is 6.29 Å². The summed E-state index contributed by atoms with van der Waals surface area (Å²) < 4.78 is 2.38. The standard InChI is InChI=1S/C24H29N3O2/c28-24(29)21-13-19(17-6-7-17)14-25-23(21)26-20-8-9-22-18(12-20)10-11-27(22)15-16-4-2-1-3-5-16/h8-14,16-17,24,28-29H,1-7,15H2,(H,25,26). The van der Waals surface area contributed by atoms with Crippen LogP contribution in [0, 0.1) is 5.92 Å². The van der Waals surface area contributed by atoms with E-state index in [1.807, 2.05) is 18.3 Å². The Labute approximate surface area is 171 Å². The van der Waals surface area contributed by atoms with Gasteiger partial charge in [-0.05, 0) is 73.4 Å². The Balaban J connectivity index is 1.37. The second-order valence-corrected chi connectivity index (χ2v) is 8.73. The van der Waals surface area contributed by atoms with Crippen LogP contribution in [0.15, 0.2) is 42.7 Å². The number of hydrogen-bond donors (Lipinski definition) is 3. The molecule has 2 aliphatic rings. The molecule has 0 radical (unpaired) electrons. The van der Waals surface area contributed by atoms with Crippen molar-refractivity contribution in [3.8, 4) is 0 Å². The van der Waals surface area contributed by atoms with Crippen molar-refractivity contribution in [2.24, 2.45) is 5.92 Å². The number of aliphatic hydroxyl groups is 2. The van der Waals surface area contributed by atoms with Gasteiger partial charge in [0.2, 0.25) is 0 Å². The van der Waals surface area contributed by atoms with Crippen molar-refractivity contribution < 1.29 is 10.2 Å². The highest BCUT2D eigenvalue weighted by atomic mass is 16.5. The fraction of sp³-hybridized carbons (Fsp3) is 0.458. The van der Waals surface area contributed by atoms with Crippen LogP contribution in [0.1, 0.15) is 68.3 Å². The molecule has 2 fully saturated rings. The highest BCUT2D eigenvalue weighted by Crippen LogP contribution is 2.41. The maximum absolute atomic E-state index is 9.81. The number of aliphatic hydroxyl groups excluding tert-OH is 1. The van der Waals surface area contributed by atoms with E-state index in [1.54, 1.807) is 0 Å². The van der Waals surface area contributed by atoms with E-state index in [9.17, 15) is 10.2 Å². The molecule has 0 amide bonds. The Bertz CT molecular complexity index is 1000. The first-order valence-corrected chi connectivity index (χ1v) is 10.9. The van der Waals surface area contributed by atoms with Crippen LogP contribution < -0.4 is 5.32 Å². The third-order valence-electron chi connectivity index (χ3n) is 6.48. The number of anilines is 2. The van der Waals surface area contributed by atoms with Gasteiger partial charge in [-0.3, -0.25) is 0 Å². The Morgan fingerprint density at radius 1 is 1.03 bits per heavy atom. The zero-order valence-corrected chi connectivity index (χ0v) is 16.7. The molecule has 152 valence electrons. The van der Waals surface area contributed by atoms with Gasteiger partial charge in [-0.15, -0.1) is 0 Å². The molecule has 0 spiro atoms. The summed E-state index contributed by atoms with van der Waals surface area (Å²) in [5.74, 6) is 1.82. The minimum absolute atomic E-state index is 0.435. The van der Waals surface area contributed by atoms with Crippen LogP contribution in [-0.2, 0) is 6.54 Å². The fourth-order valence-corrected chi connectivity index (χ4v) is 4.66. The van der Waals surface area contributed by atoms with Crippen LogP contribution >= 0.6 is 0 Å². The van der Waals surface area contributed by atoms with Crippen LogP contribution in [0.25, 0.3) is 10.9 Å². The first kappa shape index (κ1) is 18.6. The summed E-state index contributed by atoms with van der Waals surface area (Å²) in [5.41, 5.74) is 3.68. The SMILES string of the molecule is OC(O)c1cc(C2CC2)cnc1Nc1ccc2c(ccn2CC2CCCCC2)c1. The summed E-state index contributed by atoms with van der Waals surface area (Å²) in [5, 5.41) is 24.1. The van der Waals surface area contributed by atoms with E-state index in [2.05, 4.69) is 39.3 Å². The Morgan fingerprint density at radius 3 is 2.62 bits per heavy atom. The number of nitrogens with one attached hydrogen (secondary N) is 1. The molecule has 5 nitrogen and oxygen atoms in total. The van der Waals surface area contributed by atoms with Gasteiger partial charge < -0.3 is 20.1 Å². The number of nitrogens with zero attached hydrogens (tertiary/aromatic N) is 2. The predicted octanol–water partition coefficient (Wildman–Crippen LogP) is 5.22. The topological polar surface area (TPSA) is 70.3 Å². The fourth-order valence-electron chi connectivity index (χ4n) is 4.66. The van der Waals surface area contributed by atoms with E-state index in [0.29, 0.717) is 17.3 Å². The van der Waals surface area contributed by atoms with Gasteiger partial charge in [-0.1, -0.05) is 19.3 Å². The van der Waals surface area contributed by atoms with E-state index in [-0.39, 0.29) is 0 Å². The van der Waals surface area contributed by atoms with Gasteiger partial charge in [-0.2, -0.15) is 0 Å². The summed E-state index contributed by atoms with van der Waals surface area (Å²) in [7, 11) is 0. The average molecular weight is 392 g/mol. The lowest BCUT2D eigenvalue weighted by atomic mass is 9.89. The molecule has 2 saturated carbocycles. The molecular weight excluding hydrogens is 362 g/mol. The molecule has 5 rings (SSSR count). The number of aromatic nitrogens is 2. The van der Waals surface area contributed by atoms with Crippen molar-refractivity contribution in [3.05, 3.63) is 53.9 Å². The molecule has 0 unspecified atom stereocenters. The van der Waals surface area contributed by atoms with Crippen LogP contribution in [0.2, 0.25) is 0 Å². The van der Waals surface area contributed by atoms with Crippen molar-refractivity contribution in [1.82, 2.24) is 9.55 Å². The number of benzene rings is 1. The molecule has 0 aliphatic heterocycles. The Kier molecular flexibility index (Phi) is 5.02. The molecule has 29 heavy (non-hydrogen) atoms. The first-order chi connectivity index (χ1) is 14.2. The third-order valence-corrected chi connectivity index (χ3v) is 6.48.